The summed E-state index contributed by atoms with van der Waals surface area (Å²) in [6.45, 7) is 9.67. The molecule has 0 saturated heterocycles. The van der Waals surface area contributed by atoms with E-state index in [0.29, 0.717) is 18.9 Å². The Bertz CT molecular complexity index is 630. The van der Waals surface area contributed by atoms with Crippen molar-refractivity contribution in [2.24, 2.45) is 4.99 Å². The quantitative estimate of drug-likeness (QED) is 0.308. The van der Waals surface area contributed by atoms with Crippen LogP contribution < -0.4 is 10.6 Å². The summed E-state index contributed by atoms with van der Waals surface area (Å²) in [7, 11) is -2.93. The molecule has 0 spiro atoms. The number of hydrogen-bond acceptors (Lipinski definition) is 5. The third kappa shape index (κ3) is 11.0. The molecule has 1 heterocycles. The minimum atomic E-state index is -2.93. The van der Waals surface area contributed by atoms with Gasteiger partial charge in [0.2, 0.25) is 0 Å². The predicted octanol–water partition coefficient (Wildman–Crippen LogP) is 2.81. The number of rotatable bonds is 9. The molecule has 0 aliphatic carbocycles. The number of aromatic nitrogens is 1. The van der Waals surface area contributed by atoms with E-state index < -0.39 is 9.84 Å². The van der Waals surface area contributed by atoms with E-state index in [1.165, 1.54) is 6.26 Å². The van der Waals surface area contributed by atoms with Crippen LogP contribution in [-0.2, 0) is 16.3 Å². The SMILES string of the molecule is CCNC(=NCCc1csc(C(C)C)n1)NC(C)CCS(C)(=O)=O.I. The molecular formula is C16H31IN4O2S2. The molecule has 2 N–H and O–H groups in total. The summed E-state index contributed by atoms with van der Waals surface area (Å²) in [6, 6.07) is 0.0457. The van der Waals surface area contributed by atoms with Crippen molar-refractivity contribution in [1.82, 2.24) is 15.6 Å². The first-order valence-electron chi connectivity index (χ1n) is 8.38. The molecule has 146 valence electrons. The molecule has 0 fully saturated rings. The highest BCUT2D eigenvalue weighted by molar-refractivity contribution is 14.0. The highest BCUT2D eigenvalue weighted by Gasteiger charge is 2.10. The van der Waals surface area contributed by atoms with E-state index in [1.807, 2.05) is 13.8 Å². The Balaban J connectivity index is 0.00000576. The summed E-state index contributed by atoms with van der Waals surface area (Å²) in [5.41, 5.74) is 1.08. The fourth-order valence-corrected chi connectivity index (χ4v) is 3.65. The van der Waals surface area contributed by atoms with Crippen LogP contribution in [0.25, 0.3) is 0 Å². The van der Waals surface area contributed by atoms with Crippen LogP contribution in [0.5, 0.6) is 0 Å². The summed E-state index contributed by atoms with van der Waals surface area (Å²) < 4.78 is 22.5. The molecule has 25 heavy (non-hydrogen) atoms. The molecule has 0 aliphatic rings. The number of sulfone groups is 1. The van der Waals surface area contributed by atoms with Crippen LogP contribution in [0.2, 0.25) is 0 Å². The van der Waals surface area contributed by atoms with Crippen molar-refractivity contribution in [1.29, 1.82) is 0 Å². The van der Waals surface area contributed by atoms with E-state index >= 15 is 0 Å². The number of nitrogens with zero attached hydrogens (tertiary/aromatic N) is 2. The number of aliphatic imine (C=N–C) groups is 1. The highest BCUT2D eigenvalue weighted by atomic mass is 127. The average Bonchev–Trinajstić information content (AvgIpc) is 2.94. The second-order valence-corrected chi connectivity index (χ2v) is 9.46. The van der Waals surface area contributed by atoms with Gasteiger partial charge in [0.15, 0.2) is 5.96 Å². The van der Waals surface area contributed by atoms with E-state index in [2.05, 4.69) is 39.8 Å². The van der Waals surface area contributed by atoms with Crippen molar-refractivity contribution in [3.05, 3.63) is 16.1 Å². The van der Waals surface area contributed by atoms with E-state index in [-0.39, 0.29) is 35.8 Å². The molecule has 6 nitrogen and oxygen atoms in total. The van der Waals surface area contributed by atoms with E-state index in [1.54, 1.807) is 11.3 Å². The van der Waals surface area contributed by atoms with Crippen molar-refractivity contribution < 1.29 is 8.42 Å². The standard InChI is InChI=1S/C16H30N4O2S2.HI/c1-6-17-16(19-13(4)8-10-24(5,21)22)18-9-7-14-11-23-15(20-14)12(2)3;/h11-13H,6-10H2,1-5H3,(H2,17,18,19);1H. The Morgan fingerprint density at radius 1 is 1.36 bits per heavy atom. The van der Waals surface area contributed by atoms with Crippen molar-refractivity contribution in [3.8, 4) is 0 Å². The number of nitrogens with one attached hydrogen (secondary N) is 2. The van der Waals surface area contributed by atoms with Gasteiger partial charge in [0.05, 0.1) is 16.5 Å². The fraction of sp³-hybridized carbons (Fsp3) is 0.750. The van der Waals surface area contributed by atoms with E-state index in [4.69, 9.17) is 0 Å². The summed E-state index contributed by atoms with van der Waals surface area (Å²) in [4.78, 5) is 9.17. The maximum absolute atomic E-state index is 11.2. The van der Waals surface area contributed by atoms with Gasteiger partial charge in [-0.2, -0.15) is 0 Å². The number of halogens is 1. The molecule has 1 aromatic rings. The second-order valence-electron chi connectivity index (χ2n) is 6.31. The Kier molecular flexibility index (Phi) is 11.9. The van der Waals surface area contributed by atoms with Gasteiger partial charge in [0, 0.05) is 43.1 Å². The topological polar surface area (TPSA) is 83.4 Å². The molecule has 0 bridgehead atoms. The molecule has 0 aliphatic heterocycles. The largest absolute Gasteiger partial charge is 0.357 e. The van der Waals surface area contributed by atoms with Gasteiger partial charge in [0.1, 0.15) is 9.84 Å². The van der Waals surface area contributed by atoms with Gasteiger partial charge >= 0.3 is 0 Å². The minimum Gasteiger partial charge on any atom is -0.357 e. The van der Waals surface area contributed by atoms with Gasteiger partial charge in [0.25, 0.3) is 0 Å². The van der Waals surface area contributed by atoms with Crippen LogP contribution in [0.4, 0.5) is 0 Å². The van der Waals surface area contributed by atoms with Crippen LogP contribution >= 0.6 is 35.3 Å². The second kappa shape index (κ2) is 12.1. The summed E-state index contributed by atoms with van der Waals surface area (Å²) >= 11 is 1.70. The van der Waals surface area contributed by atoms with Crippen molar-refractivity contribution in [2.45, 2.75) is 52.5 Å². The predicted molar refractivity (Wildman–Crippen MR) is 118 cm³/mol. The first kappa shape index (κ1) is 24.6. The van der Waals surface area contributed by atoms with Crippen LogP contribution in [0.1, 0.15) is 50.7 Å². The molecule has 1 aromatic heterocycles. The zero-order chi connectivity index (χ0) is 18.2. The molecule has 0 radical (unpaired) electrons. The van der Waals surface area contributed by atoms with Gasteiger partial charge in [-0.3, -0.25) is 4.99 Å². The first-order chi connectivity index (χ1) is 11.2. The Morgan fingerprint density at radius 3 is 2.56 bits per heavy atom. The number of guanidine groups is 1. The van der Waals surface area contributed by atoms with Crippen LogP contribution in [0.3, 0.4) is 0 Å². The Morgan fingerprint density at radius 2 is 2.04 bits per heavy atom. The summed E-state index contributed by atoms with van der Waals surface area (Å²) in [5.74, 6) is 1.36. The minimum absolute atomic E-state index is 0. The highest BCUT2D eigenvalue weighted by Crippen LogP contribution is 2.19. The molecule has 0 saturated carbocycles. The van der Waals surface area contributed by atoms with Gasteiger partial charge in [-0.25, -0.2) is 13.4 Å². The lowest BCUT2D eigenvalue weighted by Crippen LogP contribution is -2.43. The molecule has 0 aromatic carbocycles. The van der Waals surface area contributed by atoms with Crippen LogP contribution in [0, 0.1) is 0 Å². The third-order valence-electron chi connectivity index (χ3n) is 3.35. The zero-order valence-electron chi connectivity index (χ0n) is 15.7. The summed E-state index contributed by atoms with van der Waals surface area (Å²) in [5, 5.41) is 9.71. The third-order valence-corrected chi connectivity index (χ3v) is 5.52. The number of hydrogen-bond donors (Lipinski definition) is 2. The van der Waals surface area contributed by atoms with Crippen molar-refractivity contribution in [2.75, 3.05) is 25.1 Å². The Hall–Kier alpha value is -0.420. The molecule has 1 atom stereocenters. The van der Waals surface area contributed by atoms with Gasteiger partial charge in [-0.1, -0.05) is 13.8 Å². The fourth-order valence-electron chi connectivity index (χ4n) is 2.00. The average molecular weight is 502 g/mol. The smallest absolute Gasteiger partial charge is 0.191 e. The normalized spacial score (nSPS) is 13.4. The molecule has 9 heteroatoms. The van der Waals surface area contributed by atoms with Crippen molar-refractivity contribution >= 4 is 51.1 Å². The maximum Gasteiger partial charge on any atom is 0.191 e. The first-order valence-corrected chi connectivity index (χ1v) is 11.3. The summed E-state index contributed by atoms with van der Waals surface area (Å²) in [6.07, 6.45) is 2.63. The molecular weight excluding hydrogens is 471 g/mol. The van der Waals surface area contributed by atoms with Crippen LogP contribution in [-0.4, -0.2) is 50.5 Å². The number of thiazole rings is 1. The van der Waals surface area contributed by atoms with Crippen LogP contribution in [0.15, 0.2) is 10.4 Å². The van der Waals surface area contributed by atoms with Crippen molar-refractivity contribution in [3.63, 3.8) is 0 Å². The monoisotopic (exact) mass is 502 g/mol. The lowest BCUT2D eigenvalue weighted by atomic mass is 10.2. The lowest BCUT2D eigenvalue weighted by Gasteiger charge is -2.17. The molecule has 1 rings (SSSR count). The van der Waals surface area contributed by atoms with Gasteiger partial charge < -0.3 is 10.6 Å². The van der Waals surface area contributed by atoms with Gasteiger partial charge in [-0.05, 0) is 20.3 Å². The van der Waals surface area contributed by atoms with E-state index in [9.17, 15) is 8.42 Å². The zero-order valence-corrected chi connectivity index (χ0v) is 19.7. The molecule has 0 amide bonds. The Labute approximate surface area is 173 Å². The maximum atomic E-state index is 11.2. The lowest BCUT2D eigenvalue weighted by molar-refractivity contribution is 0.581. The molecule has 1 unspecified atom stereocenters. The van der Waals surface area contributed by atoms with E-state index in [0.717, 1.165) is 29.6 Å². The van der Waals surface area contributed by atoms with Gasteiger partial charge in [-0.15, -0.1) is 35.3 Å².